The van der Waals surface area contributed by atoms with Crippen LogP contribution in [0.5, 0.6) is 46.0 Å². The lowest BCUT2D eigenvalue weighted by atomic mass is 9.86. The van der Waals surface area contributed by atoms with E-state index in [0.29, 0.717) is 23.0 Å². The van der Waals surface area contributed by atoms with Crippen LogP contribution in [0.25, 0.3) is 0 Å². The van der Waals surface area contributed by atoms with Crippen LogP contribution >= 0.6 is 0 Å². The van der Waals surface area contributed by atoms with Crippen LogP contribution in [0.15, 0.2) is 48.5 Å². The van der Waals surface area contributed by atoms with Crippen molar-refractivity contribution in [2.75, 3.05) is 70.0 Å². The topological polar surface area (TPSA) is 97.9 Å². The SMILES string of the molecule is COc1cc(CCc2cc(OC)c(OC)cc2C[C@@H]2NCCc3cc(OC)c(OC)cc32)c(C[C@@H]2NCCc3cc(OC)c(OC)cc32)cc1OC. The summed E-state index contributed by atoms with van der Waals surface area (Å²) in [6.45, 7) is 1.75. The van der Waals surface area contributed by atoms with Crippen molar-refractivity contribution >= 4 is 0 Å². The maximum absolute atomic E-state index is 5.81. The van der Waals surface area contributed by atoms with E-state index in [1.807, 2.05) is 0 Å². The molecule has 10 nitrogen and oxygen atoms in total. The highest BCUT2D eigenvalue weighted by Gasteiger charge is 2.27. The van der Waals surface area contributed by atoms with E-state index in [2.05, 4.69) is 59.2 Å². The smallest absolute Gasteiger partial charge is 0.161 e. The summed E-state index contributed by atoms with van der Waals surface area (Å²) in [7, 11) is 13.5. The summed E-state index contributed by atoms with van der Waals surface area (Å²) in [5.41, 5.74) is 9.78. The zero-order valence-electron chi connectivity index (χ0n) is 31.7. The number of aryl methyl sites for hydroxylation is 2. The first-order valence-corrected chi connectivity index (χ1v) is 17.8. The Morgan fingerprint density at radius 1 is 0.404 bits per heavy atom. The molecule has 2 heterocycles. The largest absolute Gasteiger partial charge is 0.493 e. The number of fused-ring (bicyclic) bond motifs is 2. The van der Waals surface area contributed by atoms with Gasteiger partial charge in [-0.1, -0.05) is 0 Å². The molecule has 2 aliphatic rings. The predicted molar refractivity (Wildman–Crippen MR) is 202 cm³/mol. The quantitative estimate of drug-likeness (QED) is 0.144. The Kier molecular flexibility index (Phi) is 11.9. The van der Waals surface area contributed by atoms with Crippen LogP contribution in [0.3, 0.4) is 0 Å². The van der Waals surface area contributed by atoms with Crippen LogP contribution in [-0.2, 0) is 38.5 Å². The molecule has 2 N–H and O–H groups in total. The third-order valence-corrected chi connectivity index (χ3v) is 10.5. The Labute approximate surface area is 307 Å². The highest BCUT2D eigenvalue weighted by atomic mass is 16.5. The van der Waals surface area contributed by atoms with Gasteiger partial charge in [-0.3, -0.25) is 0 Å². The van der Waals surface area contributed by atoms with Gasteiger partial charge in [0.1, 0.15) is 0 Å². The Morgan fingerprint density at radius 2 is 0.692 bits per heavy atom. The molecule has 6 rings (SSSR count). The molecule has 0 radical (unpaired) electrons. The third kappa shape index (κ3) is 7.54. The van der Waals surface area contributed by atoms with Gasteiger partial charge >= 0.3 is 0 Å². The van der Waals surface area contributed by atoms with E-state index in [0.717, 1.165) is 74.6 Å². The van der Waals surface area contributed by atoms with E-state index in [1.165, 1.54) is 44.5 Å². The molecule has 0 spiro atoms. The Balaban J connectivity index is 1.34. The minimum Gasteiger partial charge on any atom is -0.493 e. The van der Waals surface area contributed by atoms with Crippen molar-refractivity contribution in [2.24, 2.45) is 0 Å². The first kappa shape index (κ1) is 37.0. The van der Waals surface area contributed by atoms with Gasteiger partial charge in [-0.2, -0.15) is 0 Å². The Bertz CT molecular complexity index is 1740. The van der Waals surface area contributed by atoms with Crippen molar-refractivity contribution in [3.8, 4) is 46.0 Å². The number of hydrogen-bond acceptors (Lipinski definition) is 10. The van der Waals surface area contributed by atoms with Crippen LogP contribution in [0, 0.1) is 0 Å². The van der Waals surface area contributed by atoms with Gasteiger partial charge in [0.2, 0.25) is 0 Å². The van der Waals surface area contributed by atoms with Gasteiger partial charge in [-0.25, -0.2) is 0 Å². The lowest BCUT2D eigenvalue weighted by Gasteiger charge is -2.30. The van der Waals surface area contributed by atoms with Crippen molar-refractivity contribution < 1.29 is 37.9 Å². The predicted octanol–water partition coefficient (Wildman–Crippen LogP) is 6.40. The Morgan fingerprint density at radius 3 is 1.02 bits per heavy atom. The maximum Gasteiger partial charge on any atom is 0.161 e. The number of rotatable bonds is 15. The third-order valence-electron chi connectivity index (χ3n) is 10.5. The van der Waals surface area contributed by atoms with Crippen molar-refractivity contribution in [3.63, 3.8) is 0 Å². The van der Waals surface area contributed by atoms with E-state index in [9.17, 15) is 0 Å². The first-order chi connectivity index (χ1) is 25.4. The number of hydrogen-bond donors (Lipinski definition) is 2. The van der Waals surface area contributed by atoms with Gasteiger partial charge in [0.25, 0.3) is 0 Å². The average Bonchev–Trinajstić information content (AvgIpc) is 3.19. The fraction of sp³-hybridized carbons (Fsp3) is 0.429. The molecule has 0 aliphatic carbocycles. The van der Waals surface area contributed by atoms with Gasteiger partial charge in [0.15, 0.2) is 46.0 Å². The van der Waals surface area contributed by atoms with Gasteiger partial charge < -0.3 is 48.5 Å². The van der Waals surface area contributed by atoms with Crippen LogP contribution in [0.1, 0.15) is 56.6 Å². The van der Waals surface area contributed by atoms with Crippen LogP contribution in [0.2, 0.25) is 0 Å². The standard InChI is InChI=1S/C42H52N2O8/c1-45-35-17-25(29(21-39(35)49-5)15-33-31-23-41(51-7)37(47-3)19-27(31)11-13-43-33)9-10-26-18-36(46-2)40(50-6)22-30(26)16-34-32-24-42(52-8)38(48-4)20-28(32)12-14-44-34/h17-24,33-34,43-44H,9-16H2,1-8H3/t33-,34-/m0/s1. The molecule has 10 heteroatoms. The number of benzene rings is 4. The van der Waals surface area contributed by atoms with E-state index in [-0.39, 0.29) is 12.1 Å². The fourth-order valence-corrected chi connectivity index (χ4v) is 7.78. The summed E-state index contributed by atoms with van der Waals surface area (Å²) in [4.78, 5) is 0. The molecule has 278 valence electrons. The molecule has 0 saturated heterocycles. The summed E-state index contributed by atoms with van der Waals surface area (Å²) in [6.07, 6.45) is 4.95. The lowest BCUT2D eigenvalue weighted by molar-refractivity contribution is 0.351. The highest BCUT2D eigenvalue weighted by molar-refractivity contribution is 5.54. The molecule has 0 saturated carbocycles. The summed E-state index contributed by atoms with van der Waals surface area (Å²) < 4.78 is 45.9. The molecule has 52 heavy (non-hydrogen) atoms. The second-order valence-corrected chi connectivity index (χ2v) is 13.2. The van der Waals surface area contributed by atoms with Crippen molar-refractivity contribution in [1.29, 1.82) is 0 Å². The van der Waals surface area contributed by atoms with Gasteiger partial charge in [-0.05, 0) is 145 Å². The number of ether oxygens (including phenoxy) is 8. The molecular formula is C42H52N2O8. The molecule has 2 aliphatic heterocycles. The van der Waals surface area contributed by atoms with Crippen molar-refractivity contribution in [2.45, 2.75) is 50.6 Å². The molecule has 4 aromatic rings. The monoisotopic (exact) mass is 712 g/mol. The van der Waals surface area contributed by atoms with Gasteiger partial charge in [-0.15, -0.1) is 0 Å². The number of nitrogens with one attached hydrogen (secondary N) is 2. The molecule has 0 fully saturated rings. The lowest BCUT2D eigenvalue weighted by Crippen LogP contribution is -2.31. The minimum absolute atomic E-state index is 0.0881. The maximum atomic E-state index is 5.81. The second kappa shape index (κ2) is 16.7. The fourth-order valence-electron chi connectivity index (χ4n) is 7.78. The van der Waals surface area contributed by atoms with Gasteiger partial charge in [0.05, 0.1) is 56.9 Å². The molecule has 0 unspecified atom stereocenters. The Hall–Kier alpha value is -4.80. The van der Waals surface area contributed by atoms with Gasteiger partial charge in [0, 0.05) is 12.1 Å². The molecule has 0 amide bonds. The molecule has 0 bridgehead atoms. The normalized spacial score (nSPS) is 16.3. The zero-order chi connectivity index (χ0) is 36.8. The first-order valence-electron chi connectivity index (χ1n) is 17.8. The zero-order valence-corrected chi connectivity index (χ0v) is 31.7. The summed E-state index contributed by atoms with van der Waals surface area (Å²) in [6, 6.07) is 17.2. The van der Waals surface area contributed by atoms with E-state index < -0.39 is 0 Å². The summed E-state index contributed by atoms with van der Waals surface area (Å²) >= 11 is 0. The van der Waals surface area contributed by atoms with E-state index in [4.69, 9.17) is 37.9 Å². The number of methoxy groups -OCH3 is 8. The van der Waals surface area contributed by atoms with E-state index >= 15 is 0 Å². The molecular weight excluding hydrogens is 660 g/mol. The minimum atomic E-state index is 0.0881. The van der Waals surface area contributed by atoms with Crippen LogP contribution < -0.4 is 48.5 Å². The molecule has 0 aromatic heterocycles. The van der Waals surface area contributed by atoms with Crippen LogP contribution in [0.4, 0.5) is 0 Å². The van der Waals surface area contributed by atoms with Crippen molar-refractivity contribution in [3.05, 3.63) is 93.0 Å². The second-order valence-electron chi connectivity index (χ2n) is 13.2. The highest BCUT2D eigenvalue weighted by Crippen LogP contribution is 2.41. The van der Waals surface area contributed by atoms with E-state index in [1.54, 1.807) is 56.9 Å². The average molecular weight is 713 g/mol. The van der Waals surface area contributed by atoms with Crippen molar-refractivity contribution in [1.82, 2.24) is 10.6 Å². The molecule has 2 atom stereocenters. The summed E-state index contributed by atoms with van der Waals surface area (Å²) in [5, 5.41) is 7.53. The van der Waals surface area contributed by atoms with Crippen LogP contribution in [-0.4, -0.2) is 70.0 Å². The summed E-state index contributed by atoms with van der Waals surface area (Å²) in [5.74, 6) is 5.83. The molecule has 4 aromatic carbocycles.